The average molecular weight is 271 g/mol. The summed E-state index contributed by atoms with van der Waals surface area (Å²) in [6, 6.07) is 12.2. The van der Waals surface area contributed by atoms with E-state index in [1.165, 1.54) is 6.07 Å². The van der Waals surface area contributed by atoms with Gasteiger partial charge in [0.05, 0.1) is 7.11 Å². The summed E-state index contributed by atoms with van der Waals surface area (Å²) in [6.45, 7) is 2.46. The van der Waals surface area contributed by atoms with Crippen molar-refractivity contribution in [3.8, 4) is 22.6 Å². The largest absolute Gasteiger partial charge is 0.508 e. The number of carbonyl (C=O) groups excluding carboxylic acids is 1. The van der Waals surface area contributed by atoms with Crippen LogP contribution in [-0.2, 0) is 0 Å². The number of aromatic hydroxyl groups is 1. The van der Waals surface area contributed by atoms with Crippen molar-refractivity contribution in [1.29, 1.82) is 0 Å². The van der Waals surface area contributed by atoms with E-state index in [2.05, 4.69) is 5.32 Å². The van der Waals surface area contributed by atoms with Crippen LogP contribution >= 0.6 is 0 Å². The minimum absolute atomic E-state index is 0.110. The van der Waals surface area contributed by atoms with Gasteiger partial charge in [0.25, 0.3) is 5.91 Å². The molecule has 0 heterocycles. The number of nitrogens with one attached hydrogen (secondary N) is 1. The Hall–Kier alpha value is -2.49. The van der Waals surface area contributed by atoms with Crippen molar-refractivity contribution < 1.29 is 14.6 Å². The lowest BCUT2D eigenvalue weighted by atomic mass is 10.0. The summed E-state index contributed by atoms with van der Waals surface area (Å²) in [5.74, 6) is 0.590. The van der Waals surface area contributed by atoms with Crippen molar-refractivity contribution in [2.45, 2.75) is 6.92 Å². The van der Waals surface area contributed by atoms with E-state index >= 15 is 0 Å². The summed E-state index contributed by atoms with van der Waals surface area (Å²) >= 11 is 0. The quantitative estimate of drug-likeness (QED) is 0.899. The van der Waals surface area contributed by atoms with Crippen LogP contribution in [0.2, 0.25) is 0 Å². The van der Waals surface area contributed by atoms with Gasteiger partial charge in [-0.15, -0.1) is 0 Å². The maximum Gasteiger partial charge on any atom is 0.251 e. The summed E-state index contributed by atoms with van der Waals surface area (Å²) in [7, 11) is 1.55. The zero-order chi connectivity index (χ0) is 14.5. The lowest BCUT2D eigenvalue weighted by molar-refractivity contribution is 0.0956. The third kappa shape index (κ3) is 3.09. The number of methoxy groups -OCH3 is 1. The van der Waals surface area contributed by atoms with Crippen molar-refractivity contribution in [2.24, 2.45) is 0 Å². The molecule has 0 aliphatic rings. The molecule has 0 atom stereocenters. The van der Waals surface area contributed by atoms with Gasteiger partial charge >= 0.3 is 0 Å². The molecule has 0 unspecified atom stereocenters. The Morgan fingerprint density at radius 2 is 2.00 bits per heavy atom. The van der Waals surface area contributed by atoms with E-state index in [1.807, 2.05) is 25.1 Å². The van der Waals surface area contributed by atoms with Crippen molar-refractivity contribution in [1.82, 2.24) is 5.32 Å². The summed E-state index contributed by atoms with van der Waals surface area (Å²) in [4.78, 5) is 11.8. The Bertz CT molecular complexity index is 623. The normalized spacial score (nSPS) is 10.1. The number of ether oxygens (including phenoxy) is 1. The first-order valence-electron chi connectivity index (χ1n) is 6.40. The molecule has 0 radical (unpaired) electrons. The molecule has 2 rings (SSSR count). The molecule has 0 bridgehead atoms. The predicted molar refractivity (Wildman–Crippen MR) is 78.1 cm³/mol. The Morgan fingerprint density at radius 1 is 1.20 bits per heavy atom. The molecule has 0 aromatic heterocycles. The summed E-state index contributed by atoms with van der Waals surface area (Å²) < 4.78 is 5.13. The van der Waals surface area contributed by atoms with E-state index in [-0.39, 0.29) is 11.7 Å². The fourth-order valence-electron chi connectivity index (χ4n) is 1.97. The molecule has 0 aliphatic heterocycles. The van der Waals surface area contributed by atoms with Gasteiger partial charge in [-0.1, -0.05) is 12.1 Å². The van der Waals surface area contributed by atoms with Gasteiger partial charge in [0.15, 0.2) is 0 Å². The molecule has 2 aromatic rings. The number of amides is 1. The van der Waals surface area contributed by atoms with Gasteiger partial charge in [0.1, 0.15) is 11.5 Å². The number of carbonyl (C=O) groups is 1. The summed E-state index contributed by atoms with van der Waals surface area (Å²) in [5.41, 5.74) is 2.24. The van der Waals surface area contributed by atoms with Gasteiger partial charge in [-0.05, 0) is 42.3 Å². The van der Waals surface area contributed by atoms with Crippen molar-refractivity contribution in [3.63, 3.8) is 0 Å². The van der Waals surface area contributed by atoms with Gasteiger partial charge in [0.2, 0.25) is 0 Å². The Morgan fingerprint density at radius 3 is 2.70 bits per heavy atom. The number of phenols is 1. The molecule has 0 spiro atoms. The Kier molecular flexibility index (Phi) is 4.25. The molecule has 20 heavy (non-hydrogen) atoms. The fourth-order valence-corrected chi connectivity index (χ4v) is 1.97. The first-order chi connectivity index (χ1) is 9.63. The monoisotopic (exact) mass is 271 g/mol. The van der Waals surface area contributed by atoms with Crippen molar-refractivity contribution in [2.75, 3.05) is 13.7 Å². The average Bonchev–Trinajstić information content (AvgIpc) is 2.47. The third-order valence-corrected chi connectivity index (χ3v) is 2.92. The number of benzene rings is 2. The maximum absolute atomic E-state index is 11.8. The van der Waals surface area contributed by atoms with Gasteiger partial charge in [0, 0.05) is 18.2 Å². The van der Waals surface area contributed by atoms with E-state index < -0.39 is 0 Å². The van der Waals surface area contributed by atoms with Crippen molar-refractivity contribution >= 4 is 5.91 Å². The highest BCUT2D eigenvalue weighted by Crippen LogP contribution is 2.29. The second-order valence-electron chi connectivity index (χ2n) is 4.36. The standard InChI is InChI=1S/C16H17NO3/c1-3-17-16(19)12-6-4-5-11(7-12)13-8-14(18)10-15(9-13)20-2/h4-10,18H,3H2,1-2H3,(H,17,19). The number of phenolic OH excluding ortho intramolecular Hbond substituents is 1. The van der Waals surface area contributed by atoms with E-state index in [0.717, 1.165) is 11.1 Å². The Labute approximate surface area is 118 Å². The van der Waals surface area contributed by atoms with Crippen molar-refractivity contribution in [3.05, 3.63) is 48.0 Å². The SMILES string of the molecule is CCNC(=O)c1cccc(-c2cc(O)cc(OC)c2)c1. The zero-order valence-electron chi connectivity index (χ0n) is 11.5. The summed E-state index contributed by atoms with van der Waals surface area (Å²) in [5, 5.41) is 12.5. The molecule has 2 N–H and O–H groups in total. The van der Waals surface area contributed by atoms with E-state index in [1.54, 1.807) is 25.3 Å². The molecule has 104 valence electrons. The molecule has 0 aliphatic carbocycles. The van der Waals surface area contributed by atoms with Crippen LogP contribution in [0.5, 0.6) is 11.5 Å². The van der Waals surface area contributed by atoms with Crippen LogP contribution in [0.4, 0.5) is 0 Å². The van der Waals surface area contributed by atoms with Crippen LogP contribution in [0.1, 0.15) is 17.3 Å². The molecular weight excluding hydrogens is 254 g/mol. The molecule has 0 fully saturated rings. The second-order valence-corrected chi connectivity index (χ2v) is 4.36. The lowest BCUT2D eigenvalue weighted by Gasteiger charge is -2.08. The first-order valence-corrected chi connectivity index (χ1v) is 6.40. The molecular formula is C16H17NO3. The van der Waals surface area contributed by atoms with Crippen LogP contribution in [0, 0.1) is 0 Å². The highest BCUT2D eigenvalue weighted by Gasteiger charge is 2.07. The van der Waals surface area contributed by atoms with Gasteiger partial charge in [-0.3, -0.25) is 4.79 Å². The minimum atomic E-state index is -0.110. The van der Waals surface area contributed by atoms with E-state index in [4.69, 9.17) is 4.74 Å². The number of hydrogen-bond donors (Lipinski definition) is 2. The highest BCUT2D eigenvalue weighted by atomic mass is 16.5. The van der Waals surface area contributed by atoms with Crippen LogP contribution in [-0.4, -0.2) is 24.7 Å². The van der Waals surface area contributed by atoms with Gasteiger partial charge in [-0.2, -0.15) is 0 Å². The lowest BCUT2D eigenvalue weighted by Crippen LogP contribution is -2.22. The van der Waals surface area contributed by atoms with Crippen LogP contribution < -0.4 is 10.1 Å². The Balaban J connectivity index is 2.40. The molecule has 4 heteroatoms. The van der Waals surface area contributed by atoms with Gasteiger partial charge < -0.3 is 15.2 Å². The fraction of sp³-hybridized carbons (Fsp3) is 0.188. The van der Waals surface area contributed by atoms with Crippen LogP contribution in [0.25, 0.3) is 11.1 Å². The van der Waals surface area contributed by atoms with Gasteiger partial charge in [-0.25, -0.2) is 0 Å². The predicted octanol–water partition coefficient (Wildman–Crippen LogP) is 2.82. The molecule has 0 saturated heterocycles. The van der Waals surface area contributed by atoms with Crippen LogP contribution in [0.15, 0.2) is 42.5 Å². The third-order valence-electron chi connectivity index (χ3n) is 2.92. The van der Waals surface area contributed by atoms with E-state index in [0.29, 0.717) is 17.9 Å². The number of hydrogen-bond acceptors (Lipinski definition) is 3. The molecule has 1 amide bonds. The number of rotatable bonds is 4. The summed E-state index contributed by atoms with van der Waals surface area (Å²) in [6.07, 6.45) is 0. The molecule has 2 aromatic carbocycles. The topological polar surface area (TPSA) is 58.6 Å². The van der Waals surface area contributed by atoms with Crippen LogP contribution in [0.3, 0.4) is 0 Å². The highest BCUT2D eigenvalue weighted by molar-refractivity contribution is 5.95. The second kappa shape index (κ2) is 6.10. The molecule has 0 saturated carbocycles. The minimum Gasteiger partial charge on any atom is -0.508 e. The van der Waals surface area contributed by atoms with E-state index in [9.17, 15) is 9.90 Å². The zero-order valence-corrected chi connectivity index (χ0v) is 11.5. The molecule has 4 nitrogen and oxygen atoms in total. The smallest absolute Gasteiger partial charge is 0.251 e. The first kappa shape index (κ1) is 13.9. The maximum atomic E-state index is 11.8.